The molecule has 0 fully saturated rings. The molecule has 0 saturated carbocycles. The summed E-state index contributed by atoms with van der Waals surface area (Å²) in [5, 5.41) is 0. The summed E-state index contributed by atoms with van der Waals surface area (Å²) in [5.74, 6) is -9.87. The van der Waals surface area contributed by atoms with Crippen LogP contribution in [0.1, 0.15) is 13.3 Å². The van der Waals surface area contributed by atoms with Gasteiger partial charge in [0.05, 0.1) is 4.90 Å². The number of carbonyl (C=O) groups is 1. The second-order valence-electron chi connectivity index (χ2n) is 3.55. The molecule has 0 heterocycles. The van der Waals surface area contributed by atoms with E-state index in [1.54, 1.807) is 0 Å². The van der Waals surface area contributed by atoms with Crippen LogP contribution in [0.3, 0.4) is 0 Å². The molecule has 1 rings (SSSR count). The van der Waals surface area contributed by atoms with Gasteiger partial charge in [-0.25, -0.2) is 22.0 Å². The molecule has 0 saturated heterocycles. The van der Waals surface area contributed by atoms with E-state index < -0.39 is 34.0 Å². The highest BCUT2D eigenvalue weighted by molar-refractivity contribution is 7.99. The number of thioether (sulfide) groups is 1. The van der Waals surface area contributed by atoms with Crippen LogP contribution in [-0.4, -0.2) is 11.5 Å². The van der Waals surface area contributed by atoms with Crippen molar-refractivity contribution in [3.05, 3.63) is 41.2 Å². The molecule has 19 heavy (non-hydrogen) atoms. The number of carbonyl (C=O) groups excluding carboxylic acids is 1. The Kier molecular flexibility index (Phi) is 5.53. The average Bonchev–Trinajstić information content (AvgIpc) is 2.37. The number of halogens is 5. The van der Waals surface area contributed by atoms with Gasteiger partial charge in [-0.2, -0.15) is 0 Å². The van der Waals surface area contributed by atoms with Gasteiger partial charge >= 0.3 is 0 Å². The SMILES string of the molecule is CC(=O)/C=C/CCSc1c(F)c(F)c(F)c(F)c1F. The zero-order chi connectivity index (χ0) is 14.6. The second-order valence-corrected chi connectivity index (χ2v) is 4.65. The maximum Gasteiger partial charge on any atom is 0.200 e. The summed E-state index contributed by atoms with van der Waals surface area (Å²) in [5.41, 5.74) is 0. The summed E-state index contributed by atoms with van der Waals surface area (Å²) in [4.78, 5) is 9.65. The molecule has 0 aromatic heterocycles. The lowest BCUT2D eigenvalue weighted by atomic mass is 10.3. The number of ketones is 1. The minimum atomic E-state index is -2.17. The van der Waals surface area contributed by atoms with E-state index >= 15 is 0 Å². The van der Waals surface area contributed by atoms with Crippen LogP contribution in [-0.2, 0) is 4.79 Å². The molecule has 0 aliphatic heterocycles. The predicted molar refractivity (Wildman–Crippen MR) is 61.4 cm³/mol. The first-order valence-electron chi connectivity index (χ1n) is 5.17. The van der Waals surface area contributed by atoms with E-state index in [1.165, 1.54) is 19.1 Å². The number of rotatable bonds is 5. The highest BCUT2D eigenvalue weighted by Gasteiger charge is 2.25. The number of hydrogen-bond donors (Lipinski definition) is 0. The Hall–Kier alpha value is -1.37. The lowest BCUT2D eigenvalue weighted by Crippen LogP contribution is -2.03. The predicted octanol–water partition coefficient (Wildman–Crippen LogP) is 4.01. The van der Waals surface area contributed by atoms with Crippen molar-refractivity contribution in [2.45, 2.75) is 18.2 Å². The van der Waals surface area contributed by atoms with E-state index in [0.717, 1.165) is 0 Å². The molecule has 0 bridgehead atoms. The highest BCUT2D eigenvalue weighted by atomic mass is 32.2. The zero-order valence-corrected chi connectivity index (χ0v) is 10.6. The van der Waals surface area contributed by atoms with Gasteiger partial charge in [0.25, 0.3) is 0 Å². The lowest BCUT2D eigenvalue weighted by molar-refractivity contribution is -0.112. The van der Waals surface area contributed by atoms with Crippen molar-refractivity contribution in [1.82, 2.24) is 0 Å². The Morgan fingerprint density at radius 2 is 1.47 bits per heavy atom. The van der Waals surface area contributed by atoms with Gasteiger partial charge in [-0.3, -0.25) is 4.79 Å². The third-order valence-electron chi connectivity index (χ3n) is 2.05. The molecule has 0 N–H and O–H groups in total. The minimum absolute atomic E-state index is 0.0854. The molecule has 0 amide bonds. The van der Waals surface area contributed by atoms with E-state index in [1.807, 2.05) is 0 Å². The van der Waals surface area contributed by atoms with Gasteiger partial charge in [0.15, 0.2) is 29.1 Å². The molecule has 0 unspecified atom stereocenters. The summed E-state index contributed by atoms with van der Waals surface area (Å²) < 4.78 is 64.9. The summed E-state index contributed by atoms with van der Waals surface area (Å²) in [6, 6.07) is 0. The van der Waals surface area contributed by atoms with Gasteiger partial charge in [0, 0.05) is 5.75 Å². The molecule has 0 aliphatic rings. The van der Waals surface area contributed by atoms with Crippen molar-refractivity contribution in [2.75, 3.05) is 5.75 Å². The first kappa shape index (κ1) is 15.7. The lowest BCUT2D eigenvalue weighted by Gasteiger charge is -2.06. The molecule has 1 aromatic rings. The fourth-order valence-electron chi connectivity index (χ4n) is 1.19. The smallest absolute Gasteiger partial charge is 0.200 e. The molecule has 104 valence electrons. The Balaban J connectivity index is 2.82. The molecular formula is C12H9F5OS. The Morgan fingerprint density at radius 1 is 1.00 bits per heavy atom. The summed E-state index contributed by atoms with van der Waals surface area (Å²) in [6.45, 7) is 1.33. The first-order chi connectivity index (χ1) is 8.86. The number of allylic oxidation sites excluding steroid dienone is 2. The standard InChI is InChI=1S/C12H9F5OS/c1-6(18)4-2-3-5-19-12-10(16)8(14)7(13)9(15)11(12)17/h2,4H,3,5H2,1H3/b4-2+. The Bertz CT molecular complexity index is 498. The van der Waals surface area contributed by atoms with E-state index in [0.29, 0.717) is 11.8 Å². The van der Waals surface area contributed by atoms with Crippen molar-refractivity contribution in [1.29, 1.82) is 0 Å². The van der Waals surface area contributed by atoms with Crippen molar-refractivity contribution in [2.24, 2.45) is 0 Å². The summed E-state index contributed by atoms with van der Waals surface area (Å²) >= 11 is 0.503. The molecule has 0 atom stereocenters. The van der Waals surface area contributed by atoms with Crippen LogP contribution in [0, 0.1) is 29.1 Å². The quantitative estimate of drug-likeness (QED) is 0.204. The van der Waals surface area contributed by atoms with Gasteiger partial charge in [-0.05, 0) is 19.4 Å². The van der Waals surface area contributed by atoms with Crippen molar-refractivity contribution < 1.29 is 26.7 Å². The van der Waals surface area contributed by atoms with Gasteiger partial charge < -0.3 is 0 Å². The van der Waals surface area contributed by atoms with Crippen molar-refractivity contribution in [3.8, 4) is 0 Å². The van der Waals surface area contributed by atoms with Crippen LogP contribution < -0.4 is 0 Å². The maximum absolute atomic E-state index is 13.2. The minimum Gasteiger partial charge on any atom is -0.295 e. The van der Waals surface area contributed by atoms with Crippen LogP contribution in [0.15, 0.2) is 17.0 Å². The van der Waals surface area contributed by atoms with Gasteiger partial charge in [0.2, 0.25) is 5.82 Å². The third kappa shape index (κ3) is 3.79. The van der Waals surface area contributed by atoms with E-state index in [9.17, 15) is 26.7 Å². The van der Waals surface area contributed by atoms with Crippen molar-refractivity contribution in [3.63, 3.8) is 0 Å². The van der Waals surface area contributed by atoms with Crippen LogP contribution in [0.4, 0.5) is 22.0 Å². The molecule has 0 aliphatic carbocycles. The normalized spacial score (nSPS) is 11.3. The Morgan fingerprint density at radius 3 is 1.95 bits per heavy atom. The van der Waals surface area contributed by atoms with E-state index in [-0.39, 0.29) is 18.0 Å². The zero-order valence-electron chi connectivity index (χ0n) is 9.78. The van der Waals surface area contributed by atoms with E-state index in [4.69, 9.17) is 0 Å². The second kappa shape index (κ2) is 6.70. The monoisotopic (exact) mass is 296 g/mol. The third-order valence-corrected chi connectivity index (χ3v) is 3.14. The molecule has 1 nitrogen and oxygen atoms in total. The molecule has 7 heteroatoms. The highest BCUT2D eigenvalue weighted by Crippen LogP contribution is 2.31. The van der Waals surface area contributed by atoms with Crippen LogP contribution >= 0.6 is 11.8 Å². The van der Waals surface area contributed by atoms with Gasteiger partial charge in [0.1, 0.15) is 0 Å². The van der Waals surface area contributed by atoms with Gasteiger partial charge in [-0.15, -0.1) is 11.8 Å². The number of benzene rings is 1. The van der Waals surface area contributed by atoms with Crippen LogP contribution in [0.2, 0.25) is 0 Å². The summed E-state index contributed by atoms with van der Waals surface area (Å²) in [7, 11) is 0. The molecule has 0 spiro atoms. The topological polar surface area (TPSA) is 17.1 Å². The first-order valence-corrected chi connectivity index (χ1v) is 6.16. The van der Waals surface area contributed by atoms with E-state index in [2.05, 4.69) is 0 Å². The molecule has 1 aromatic carbocycles. The fourth-order valence-corrected chi connectivity index (χ4v) is 2.08. The largest absolute Gasteiger partial charge is 0.295 e. The summed E-state index contributed by atoms with van der Waals surface area (Å²) in [6.07, 6.45) is 2.99. The van der Waals surface area contributed by atoms with Crippen molar-refractivity contribution >= 4 is 17.5 Å². The van der Waals surface area contributed by atoms with Gasteiger partial charge in [-0.1, -0.05) is 6.08 Å². The molecule has 0 radical (unpaired) electrons. The number of hydrogen-bond acceptors (Lipinski definition) is 2. The maximum atomic E-state index is 13.2. The average molecular weight is 296 g/mol. The fraction of sp³-hybridized carbons (Fsp3) is 0.250. The van der Waals surface area contributed by atoms with Crippen LogP contribution in [0.5, 0.6) is 0 Å². The van der Waals surface area contributed by atoms with Crippen LogP contribution in [0.25, 0.3) is 0 Å². The Labute approximate surface area is 110 Å². The molecular weight excluding hydrogens is 287 g/mol.